The van der Waals surface area contributed by atoms with Gasteiger partial charge in [-0.2, -0.15) is 0 Å². The van der Waals surface area contributed by atoms with Gasteiger partial charge in [0.15, 0.2) is 4.34 Å². The zero-order valence-electron chi connectivity index (χ0n) is 17.0. The predicted molar refractivity (Wildman–Crippen MR) is 120 cm³/mol. The van der Waals surface area contributed by atoms with E-state index in [1.54, 1.807) is 12.1 Å². The Balaban J connectivity index is 1.49. The van der Waals surface area contributed by atoms with Gasteiger partial charge in [0.05, 0.1) is 0 Å². The number of β-lactam (4-membered cyclic amide) rings is 1. The first kappa shape index (κ1) is 21.8. The van der Waals surface area contributed by atoms with Gasteiger partial charge >= 0.3 is 5.97 Å². The van der Waals surface area contributed by atoms with Crippen LogP contribution >= 0.6 is 34.9 Å². The number of rotatable bonds is 6. The molecule has 1 saturated heterocycles. The van der Waals surface area contributed by atoms with Crippen LogP contribution in [0.3, 0.4) is 0 Å². The second-order valence-electron chi connectivity index (χ2n) is 7.37. The fourth-order valence-electron chi connectivity index (χ4n) is 3.61. The lowest BCUT2D eigenvalue weighted by atomic mass is 10.0. The molecule has 3 heterocycles. The van der Waals surface area contributed by atoms with Crippen LogP contribution in [0.1, 0.15) is 26.5 Å². The Kier molecular flexibility index (Phi) is 6.09. The number of hydrogen-bond acceptors (Lipinski definition) is 8. The van der Waals surface area contributed by atoms with Gasteiger partial charge in [0, 0.05) is 17.1 Å². The van der Waals surface area contributed by atoms with Crippen molar-refractivity contribution in [3.8, 4) is 0 Å². The number of nitrogens with zero attached hydrogens (tertiary/aromatic N) is 3. The van der Waals surface area contributed by atoms with E-state index in [0.29, 0.717) is 22.6 Å². The van der Waals surface area contributed by atoms with E-state index in [4.69, 9.17) is 0 Å². The first-order chi connectivity index (χ1) is 14.7. The summed E-state index contributed by atoms with van der Waals surface area (Å²) < 4.78 is 0.760. The summed E-state index contributed by atoms with van der Waals surface area (Å²) >= 11 is 4.32. The van der Waals surface area contributed by atoms with Crippen LogP contribution < -0.4 is 5.32 Å². The van der Waals surface area contributed by atoms with Crippen molar-refractivity contribution in [3.63, 3.8) is 0 Å². The number of aromatic nitrogens is 2. The zero-order valence-corrected chi connectivity index (χ0v) is 19.5. The molecule has 2 aromatic rings. The van der Waals surface area contributed by atoms with Gasteiger partial charge in [0.25, 0.3) is 11.8 Å². The van der Waals surface area contributed by atoms with E-state index >= 15 is 0 Å². The van der Waals surface area contributed by atoms with Crippen molar-refractivity contribution in [1.29, 1.82) is 0 Å². The summed E-state index contributed by atoms with van der Waals surface area (Å²) in [7, 11) is 0. The molecule has 0 spiro atoms. The molecular weight excluding hydrogens is 456 g/mol. The summed E-state index contributed by atoms with van der Waals surface area (Å²) in [6.45, 7) is 5.67. The number of aryl methyl sites for hydroxylation is 3. The first-order valence-electron chi connectivity index (χ1n) is 9.46. The van der Waals surface area contributed by atoms with E-state index in [1.165, 1.54) is 39.8 Å². The minimum absolute atomic E-state index is 0.0133. The Labute approximate surface area is 191 Å². The normalized spacial score (nSPS) is 20.4. The molecule has 0 unspecified atom stereocenters. The van der Waals surface area contributed by atoms with E-state index in [-0.39, 0.29) is 11.6 Å². The lowest BCUT2D eigenvalue weighted by Gasteiger charge is -2.49. The molecular formula is C20H20N4O4S3. The monoisotopic (exact) mass is 476 g/mol. The van der Waals surface area contributed by atoms with E-state index in [0.717, 1.165) is 20.5 Å². The van der Waals surface area contributed by atoms with Crippen molar-refractivity contribution >= 4 is 52.6 Å². The van der Waals surface area contributed by atoms with Crippen molar-refractivity contribution in [2.45, 2.75) is 36.5 Å². The van der Waals surface area contributed by atoms with Crippen molar-refractivity contribution in [1.82, 2.24) is 20.4 Å². The molecule has 0 radical (unpaired) electrons. The summed E-state index contributed by atoms with van der Waals surface area (Å²) in [4.78, 5) is 38.7. The number of benzene rings is 1. The number of carbonyl (C=O) groups excluding carboxylic acids is 2. The summed E-state index contributed by atoms with van der Waals surface area (Å²) in [5, 5.41) is 21.0. The van der Waals surface area contributed by atoms with Gasteiger partial charge in [-0.15, -0.1) is 22.0 Å². The number of amides is 2. The van der Waals surface area contributed by atoms with Gasteiger partial charge in [-0.1, -0.05) is 40.3 Å². The average Bonchev–Trinajstić information content (AvgIpc) is 3.13. The summed E-state index contributed by atoms with van der Waals surface area (Å²) in [6.07, 6.45) is 0. The molecule has 0 bridgehead atoms. The molecule has 0 saturated carbocycles. The van der Waals surface area contributed by atoms with Crippen molar-refractivity contribution in [3.05, 3.63) is 51.2 Å². The number of carbonyl (C=O) groups is 3. The number of thioether (sulfide) groups is 2. The van der Waals surface area contributed by atoms with Gasteiger partial charge in [-0.05, 0) is 38.5 Å². The zero-order chi connectivity index (χ0) is 22.3. The predicted octanol–water partition coefficient (Wildman–Crippen LogP) is 2.61. The number of carboxylic acids is 1. The minimum atomic E-state index is -1.14. The summed E-state index contributed by atoms with van der Waals surface area (Å²) in [5.41, 5.74) is 3.09. The maximum absolute atomic E-state index is 12.8. The molecule has 1 aromatic carbocycles. The van der Waals surface area contributed by atoms with Crippen LogP contribution in [0.5, 0.6) is 0 Å². The molecule has 2 aliphatic rings. The van der Waals surface area contributed by atoms with E-state index in [9.17, 15) is 19.5 Å². The van der Waals surface area contributed by atoms with Crippen molar-refractivity contribution in [2.24, 2.45) is 0 Å². The molecule has 0 aliphatic carbocycles. The highest BCUT2D eigenvalue weighted by Gasteiger charge is 2.54. The van der Waals surface area contributed by atoms with Gasteiger partial charge in [0.1, 0.15) is 22.1 Å². The maximum atomic E-state index is 12.8. The molecule has 31 heavy (non-hydrogen) atoms. The first-order valence-corrected chi connectivity index (χ1v) is 12.3. The minimum Gasteiger partial charge on any atom is -0.477 e. The van der Waals surface area contributed by atoms with Crippen LogP contribution in [-0.4, -0.2) is 60.9 Å². The molecule has 2 atom stereocenters. The number of nitrogens with one attached hydrogen (secondary N) is 1. The Morgan fingerprint density at radius 1 is 1.23 bits per heavy atom. The Morgan fingerprint density at radius 2 is 1.94 bits per heavy atom. The van der Waals surface area contributed by atoms with Crippen LogP contribution in [0.2, 0.25) is 0 Å². The topological polar surface area (TPSA) is 112 Å². The second-order valence-corrected chi connectivity index (χ2v) is 10.9. The van der Waals surface area contributed by atoms with Crippen molar-refractivity contribution in [2.75, 3.05) is 11.5 Å². The lowest BCUT2D eigenvalue weighted by Crippen LogP contribution is -2.70. The molecule has 162 valence electrons. The van der Waals surface area contributed by atoms with E-state index in [1.807, 2.05) is 26.8 Å². The molecule has 1 aromatic heterocycles. The fourth-order valence-corrected chi connectivity index (χ4v) is 6.91. The number of hydrogen-bond donors (Lipinski definition) is 2. The number of carboxylic acid groups (broad SMARTS) is 1. The third-order valence-electron chi connectivity index (χ3n) is 4.90. The molecule has 2 amide bonds. The highest BCUT2D eigenvalue weighted by Crippen LogP contribution is 2.41. The molecule has 8 nitrogen and oxygen atoms in total. The maximum Gasteiger partial charge on any atom is 0.352 e. The van der Waals surface area contributed by atoms with E-state index in [2.05, 4.69) is 15.5 Å². The van der Waals surface area contributed by atoms with Crippen LogP contribution in [0.15, 0.2) is 33.8 Å². The lowest BCUT2D eigenvalue weighted by molar-refractivity contribution is -0.148. The SMILES string of the molecule is Cc1cc(C)cc(C(=O)N[C@H]2C(=O)N3C(C(=O)O)=C(CSc4nnc(C)s4)CS[C@H]23)c1. The largest absolute Gasteiger partial charge is 0.477 e. The Bertz CT molecular complexity index is 1090. The molecule has 2 aliphatic heterocycles. The average molecular weight is 477 g/mol. The highest BCUT2D eigenvalue weighted by molar-refractivity contribution is 8.01. The van der Waals surface area contributed by atoms with Crippen LogP contribution in [0, 0.1) is 20.8 Å². The van der Waals surface area contributed by atoms with Crippen molar-refractivity contribution < 1.29 is 19.5 Å². The Morgan fingerprint density at radius 3 is 2.55 bits per heavy atom. The summed E-state index contributed by atoms with van der Waals surface area (Å²) in [5.74, 6) is -0.988. The van der Waals surface area contributed by atoms with E-state index < -0.39 is 23.3 Å². The third-order valence-corrected chi connectivity index (χ3v) is 8.30. The number of aliphatic carboxylic acids is 1. The smallest absolute Gasteiger partial charge is 0.352 e. The van der Waals surface area contributed by atoms with Gasteiger partial charge in [0.2, 0.25) is 0 Å². The van der Waals surface area contributed by atoms with Gasteiger partial charge < -0.3 is 10.4 Å². The standard InChI is InChI=1S/C20H20N4O4S3/c1-9-4-10(2)6-12(5-9)16(25)21-14-17(26)24-15(19(27)28)13(7-29-18(14)24)8-30-20-23-22-11(3)31-20/h4-6,14,18H,7-8H2,1-3H3,(H,21,25)(H,27,28)/t14-,18+/m0/s1. The molecule has 2 N–H and O–H groups in total. The molecule has 4 rings (SSSR count). The van der Waals surface area contributed by atoms with Crippen LogP contribution in [0.4, 0.5) is 0 Å². The van der Waals surface area contributed by atoms with Gasteiger partial charge in [-0.25, -0.2) is 4.79 Å². The summed E-state index contributed by atoms with van der Waals surface area (Å²) in [6, 6.07) is 4.76. The Hall–Kier alpha value is -2.37. The van der Waals surface area contributed by atoms with Gasteiger partial charge in [-0.3, -0.25) is 14.5 Å². The second kappa shape index (κ2) is 8.64. The highest BCUT2D eigenvalue weighted by atomic mass is 32.2. The fraction of sp³-hybridized carbons (Fsp3) is 0.350. The van der Waals surface area contributed by atoms with Crippen LogP contribution in [0.25, 0.3) is 0 Å². The third kappa shape index (κ3) is 4.35. The molecule has 11 heteroatoms. The number of fused-ring (bicyclic) bond motifs is 1. The molecule has 1 fully saturated rings. The van der Waals surface area contributed by atoms with Crippen LogP contribution in [-0.2, 0) is 9.59 Å². The quantitative estimate of drug-likeness (QED) is 0.483.